The lowest BCUT2D eigenvalue weighted by molar-refractivity contribution is 0.112. The molecule has 12 atom stereocenters. The quantitative estimate of drug-likeness (QED) is 0.136. The summed E-state index contributed by atoms with van der Waals surface area (Å²) in [6, 6.07) is 35.1. The van der Waals surface area contributed by atoms with E-state index in [9.17, 15) is 20.4 Å². The van der Waals surface area contributed by atoms with E-state index in [-0.39, 0.29) is 48.6 Å². The van der Waals surface area contributed by atoms with Crippen LogP contribution in [0.15, 0.2) is 147 Å². The van der Waals surface area contributed by atoms with E-state index < -0.39 is 0 Å². The van der Waals surface area contributed by atoms with Crippen molar-refractivity contribution in [3.8, 4) is 45.0 Å². The molecule has 4 fully saturated rings. The van der Waals surface area contributed by atoms with Crippen molar-refractivity contribution >= 4 is 0 Å². The van der Waals surface area contributed by atoms with Gasteiger partial charge >= 0.3 is 0 Å². The fraction of sp³-hybridized carbons (Fsp3) is 0.400. The molecule has 0 saturated heterocycles. The van der Waals surface area contributed by atoms with Gasteiger partial charge in [-0.15, -0.1) is 0 Å². The molecule has 4 aromatic heterocycles. The maximum Gasteiger partial charge on any atom is 0.0956 e. The Morgan fingerprint density at radius 3 is 0.736 bits per heavy atom. The zero-order valence-electron chi connectivity index (χ0n) is 40.6. The minimum Gasteiger partial charge on any atom is -0.393 e. The van der Waals surface area contributed by atoms with Crippen LogP contribution in [-0.4, -0.2) is 83.0 Å². The van der Waals surface area contributed by atoms with Crippen LogP contribution in [0.4, 0.5) is 0 Å². The molecule has 8 aromatic rings. The Bertz CT molecular complexity index is 2780. The molecule has 16 rings (SSSR count). The van der Waals surface area contributed by atoms with E-state index in [0.29, 0.717) is 23.7 Å². The van der Waals surface area contributed by atoms with Crippen molar-refractivity contribution in [2.75, 3.05) is 0 Å². The molecule has 12 nitrogen and oxygen atoms in total. The maximum atomic E-state index is 10.2. The monoisotopic (exact) mass is 961 g/mol. The lowest BCUT2D eigenvalue weighted by Crippen LogP contribution is -2.24. The highest BCUT2D eigenvalue weighted by molar-refractivity contribution is 5.72. The number of hydrogen-bond donors (Lipinski definition) is 4. The van der Waals surface area contributed by atoms with Gasteiger partial charge in [0.15, 0.2) is 0 Å². The lowest BCUT2D eigenvalue weighted by atomic mass is 9.90. The number of hydrogen-bond acceptors (Lipinski definition) is 8. The summed E-state index contributed by atoms with van der Waals surface area (Å²) in [5.74, 6) is 1.34. The molecule has 0 bridgehead atoms. The zero-order chi connectivity index (χ0) is 48.5. The molecule has 8 heterocycles. The minimum atomic E-state index is -0.170. The molecule has 4 aliphatic carbocycles. The first-order chi connectivity index (χ1) is 35.4. The average Bonchev–Trinajstić information content (AvgIpc) is 4.23. The van der Waals surface area contributed by atoms with E-state index in [2.05, 4.69) is 135 Å². The van der Waals surface area contributed by atoms with Gasteiger partial charge in [0.2, 0.25) is 0 Å². The van der Waals surface area contributed by atoms with Gasteiger partial charge in [-0.05, 0) is 73.6 Å². The van der Waals surface area contributed by atoms with Crippen molar-refractivity contribution in [2.24, 2.45) is 23.7 Å². The first-order valence-electron chi connectivity index (χ1n) is 26.6. The molecule has 368 valence electrons. The maximum absolute atomic E-state index is 10.2. The Labute approximate surface area is 420 Å². The molecule has 0 unspecified atom stereocenters. The highest BCUT2D eigenvalue weighted by Gasteiger charge is 2.43. The average molecular weight is 961 g/mol. The van der Waals surface area contributed by atoms with Gasteiger partial charge in [-0.1, -0.05) is 123 Å². The third kappa shape index (κ3) is 7.55. The van der Waals surface area contributed by atoms with Crippen molar-refractivity contribution in [3.05, 3.63) is 169 Å². The molecule has 72 heavy (non-hydrogen) atoms. The zero-order valence-corrected chi connectivity index (χ0v) is 40.6. The Hall–Kier alpha value is -6.44. The standard InChI is InChI=1S/4C15H16N2O/c4*18-14-7-3-6-12(14)15-11-5-2-1-4-10(11)13-8-16-9-17(13)15/h4*1-2,4-5,8-9,12,14-15,18H,3,6-7H2/t2*12-,14+,15+;2*12-,14-,15+/m1010/s1. The largest absolute Gasteiger partial charge is 0.393 e. The number of nitrogens with zero attached hydrogens (tertiary/aromatic N) is 8. The third-order valence-electron chi connectivity index (χ3n) is 17.8. The molecule has 8 aliphatic rings. The lowest BCUT2D eigenvalue weighted by Gasteiger charge is -2.24. The van der Waals surface area contributed by atoms with Gasteiger partial charge in [0, 0.05) is 45.9 Å². The Morgan fingerprint density at radius 2 is 0.528 bits per heavy atom. The number of aliphatic hydroxyl groups excluding tert-OH is 4. The van der Waals surface area contributed by atoms with Crippen molar-refractivity contribution < 1.29 is 20.4 Å². The first kappa shape index (κ1) is 45.4. The summed E-state index contributed by atoms with van der Waals surface area (Å²) in [6.07, 6.45) is 27.4. The van der Waals surface area contributed by atoms with Gasteiger partial charge in [-0.2, -0.15) is 0 Å². The summed E-state index contributed by atoms with van der Waals surface area (Å²) >= 11 is 0. The van der Waals surface area contributed by atoms with Gasteiger partial charge in [0.05, 0.1) is 121 Å². The van der Waals surface area contributed by atoms with Gasteiger partial charge < -0.3 is 38.7 Å². The SMILES string of the molecule is O[C@@H]1CCC[C@@H]1[C@H]1c2ccccc2-c2cncn21.O[C@@H]1CCC[C@H]1[C@@H]1c2ccccc2-c2cncn21.O[C@H]1CCC[C@@H]1[C@H]1c2ccccc2-c2cncn21.O[C@H]1CCC[C@H]1[C@@H]1c2ccccc2-c2cncn21. The Morgan fingerprint density at radius 1 is 0.306 bits per heavy atom. The normalized spacial score (nSPS) is 29.3. The summed E-state index contributed by atoms with van der Waals surface area (Å²) in [5, 5.41) is 40.8. The summed E-state index contributed by atoms with van der Waals surface area (Å²) in [4.78, 5) is 17.1. The first-order valence-corrected chi connectivity index (χ1v) is 26.6. The topological polar surface area (TPSA) is 152 Å². The van der Waals surface area contributed by atoms with Crippen molar-refractivity contribution in [1.29, 1.82) is 0 Å². The highest BCUT2D eigenvalue weighted by Crippen LogP contribution is 2.51. The molecule has 0 radical (unpaired) electrons. The smallest absolute Gasteiger partial charge is 0.0956 e. The van der Waals surface area contributed by atoms with Crippen LogP contribution in [0.3, 0.4) is 0 Å². The van der Waals surface area contributed by atoms with Crippen LogP contribution in [0.25, 0.3) is 45.0 Å². The summed E-state index contributed by atoms with van der Waals surface area (Å²) in [6.45, 7) is 0. The number of aliphatic hydroxyl groups is 4. The number of rotatable bonds is 4. The number of fused-ring (bicyclic) bond motifs is 12. The molecular formula is C60H64N8O4. The summed E-state index contributed by atoms with van der Waals surface area (Å²) in [5.41, 5.74) is 15.3. The van der Waals surface area contributed by atoms with E-state index in [1.54, 1.807) is 0 Å². The highest BCUT2D eigenvalue weighted by atomic mass is 16.3. The van der Waals surface area contributed by atoms with Gasteiger partial charge in [0.1, 0.15) is 0 Å². The molecular weight excluding hydrogens is 897 g/mol. The summed E-state index contributed by atoms with van der Waals surface area (Å²) in [7, 11) is 0. The van der Waals surface area contributed by atoms with Crippen LogP contribution in [0, 0.1) is 23.7 Å². The molecule has 4 aromatic carbocycles. The second kappa shape index (κ2) is 18.9. The number of benzene rings is 4. The van der Waals surface area contributed by atoms with Gasteiger partial charge in [0.25, 0.3) is 0 Å². The van der Waals surface area contributed by atoms with Crippen molar-refractivity contribution in [1.82, 2.24) is 38.2 Å². The van der Waals surface area contributed by atoms with Crippen LogP contribution in [-0.2, 0) is 0 Å². The molecule has 0 amide bonds. The van der Waals surface area contributed by atoms with Crippen LogP contribution < -0.4 is 0 Å². The van der Waals surface area contributed by atoms with E-state index in [0.717, 1.165) is 77.0 Å². The van der Waals surface area contributed by atoms with Crippen molar-refractivity contribution in [2.45, 2.75) is 126 Å². The van der Waals surface area contributed by atoms with E-state index >= 15 is 0 Å². The van der Waals surface area contributed by atoms with Gasteiger partial charge in [-0.25, -0.2) is 19.9 Å². The van der Waals surface area contributed by atoms with Crippen LogP contribution in [0.1, 0.15) is 123 Å². The van der Waals surface area contributed by atoms with E-state index in [4.69, 9.17) is 0 Å². The van der Waals surface area contributed by atoms with Crippen LogP contribution in [0.2, 0.25) is 0 Å². The fourth-order valence-electron chi connectivity index (χ4n) is 14.6. The molecule has 4 saturated carbocycles. The second-order valence-electron chi connectivity index (χ2n) is 21.5. The van der Waals surface area contributed by atoms with Gasteiger partial charge in [-0.3, -0.25) is 0 Å². The summed E-state index contributed by atoms with van der Waals surface area (Å²) < 4.78 is 8.96. The van der Waals surface area contributed by atoms with E-state index in [1.807, 2.05) is 50.1 Å². The minimum absolute atomic E-state index is 0.170. The fourth-order valence-corrected chi connectivity index (χ4v) is 14.6. The predicted molar refractivity (Wildman–Crippen MR) is 277 cm³/mol. The predicted octanol–water partition coefficient (Wildman–Crippen LogP) is 10.5. The third-order valence-corrected chi connectivity index (χ3v) is 17.8. The number of imidazole rings is 4. The molecule has 0 spiro atoms. The molecule has 12 heteroatoms. The molecule has 4 N–H and O–H groups in total. The Kier molecular flexibility index (Phi) is 11.9. The van der Waals surface area contributed by atoms with Crippen LogP contribution in [0.5, 0.6) is 0 Å². The van der Waals surface area contributed by atoms with Crippen molar-refractivity contribution in [3.63, 3.8) is 0 Å². The Balaban J connectivity index is 0.0000000933. The number of aromatic nitrogens is 8. The van der Waals surface area contributed by atoms with Crippen LogP contribution >= 0.6 is 0 Å². The molecule has 4 aliphatic heterocycles. The van der Waals surface area contributed by atoms with E-state index in [1.165, 1.54) is 67.3 Å². The second-order valence-corrected chi connectivity index (χ2v) is 21.5.